The quantitative estimate of drug-likeness (QED) is 0.519. The molecule has 0 aromatic heterocycles. The molecule has 1 N–H and O–H groups in total. The number of halogens is 1. The van der Waals surface area contributed by atoms with Gasteiger partial charge in [0.05, 0.1) is 0 Å². The fourth-order valence-electron chi connectivity index (χ4n) is 6.77. The van der Waals surface area contributed by atoms with Crippen LogP contribution in [0, 0.1) is 22.7 Å². The SMILES string of the molecule is CC(=O)OCC(=O)[C@@]1(O)CC[C@H]2[C@@H]3C=C(C=O)C4=CC(=O)CC[C@]4(C)[C@@]3(F)C(=O)C[C@@]21C. The van der Waals surface area contributed by atoms with Crippen LogP contribution in [0.2, 0.25) is 0 Å². The molecule has 0 bridgehead atoms. The molecule has 0 heterocycles. The number of Topliss-reactive ketones (excluding diaryl/α,β-unsaturated/α-hetero) is 2. The minimum Gasteiger partial charge on any atom is -0.458 e. The number of esters is 1. The van der Waals surface area contributed by atoms with Gasteiger partial charge in [0.1, 0.15) is 11.9 Å². The van der Waals surface area contributed by atoms with Crippen molar-refractivity contribution in [2.45, 2.75) is 64.1 Å². The van der Waals surface area contributed by atoms with E-state index in [1.807, 2.05) is 0 Å². The molecule has 4 aliphatic rings. The molecular weight excluding hydrogens is 419 g/mol. The molecule has 8 heteroatoms. The van der Waals surface area contributed by atoms with E-state index in [9.17, 15) is 29.1 Å². The van der Waals surface area contributed by atoms with Crippen LogP contribution in [0.3, 0.4) is 0 Å². The van der Waals surface area contributed by atoms with Crippen molar-refractivity contribution in [3.63, 3.8) is 0 Å². The average Bonchev–Trinajstić information content (AvgIpc) is 2.99. The zero-order valence-corrected chi connectivity index (χ0v) is 18.4. The molecule has 7 nitrogen and oxygen atoms in total. The third kappa shape index (κ3) is 2.65. The summed E-state index contributed by atoms with van der Waals surface area (Å²) in [6.45, 7) is 3.70. The molecule has 4 rings (SSSR count). The molecule has 0 amide bonds. The fraction of sp³-hybridized carbons (Fsp3) is 0.625. The van der Waals surface area contributed by atoms with E-state index >= 15 is 4.39 Å². The number of carbonyl (C=O) groups is 5. The van der Waals surface area contributed by atoms with Crippen LogP contribution in [0.15, 0.2) is 23.3 Å². The predicted molar refractivity (Wildman–Crippen MR) is 109 cm³/mol. The first-order chi connectivity index (χ1) is 14.8. The molecule has 0 aromatic carbocycles. The Labute approximate surface area is 185 Å². The summed E-state index contributed by atoms with van der Waals surface area (Å²) >= 11 is 0. The van der Waals surface area contributed by atoms with Crippen LogP contribution in [0.4, 0.5) is 4.39 Å². The van der Waals surface area contributed by atoms with Gasteiger partial charge in [0.15, 0.2) is 23.8 Å². The second-order valence-corrected chi connectivity index (χ2v) is 10.1. The summed E-state index contributed by atoms with van der Waals surface area (Å²) < 4.78 is 21.8. The first kappa shape index (κ1) is 22.7. The lowest BCUT2D eigenvalue weighted by molar-refractivity contribution is -0.182. The third-order valence-corrected chi connectivity index (χ3v) is 8.65. The van der Waals surface area contributed by atoms with E-state index in [1.165, 1.54) is 12.2 Å². The van der Waals surface area contributed by atoms with Crippen molar-refractivity contribution in [1.29, 1.82) is 0 Å². The number of rotatable bonds is 4. The highest BCUT2D eigenvalue weighted by atomic mass is 19.1. The van der Waals surface area contributed by atoms with Gasteiger partial charge in [-0.15, -0.1) is 0 Å². The molecular formula is C24H27FO7. The highest BCUT2D eigenvalue weighted by molar-refractivity contribution is 6.01. The maximum absolute atomic E-state index is 17.0. The van der Waals surface area contributed by atoms with Crippen LogP contribution in [-0.2, 0) is 28.7 Å². The molecule has 32 heavy (non-hydrogen) atoms. The fourth-order valence-corrected chi connectivity index (χ4v) is 6.77. The van der Waals surface area contributed by atoms with E-state index in [0.717, 1.165) is 6.92 Å². The second kappa shape index (κ2) is 7.01. The molecule has 0 aromatic rings. The standard InChI is InChI=1S/C24H27FO7/c1-13(27)32-12-20(30)23(31)7-5-16-18-8-14(11-26)17-9-15(28)4-6-21(17,2)24(18,25)19(29)10-22(16,23)3/h8-9,11,16,18,31H,4-7,10,12H2,1-3H3/t16-,18-,21-,22-,23-,24-/m0/s1. The summed E-state index contributed by atoms with van der Waals surface area (Å²) in [7, 11) is 0. The van der Waals surface area contributed by atoms with Crippen molar-refractivity contribution < 1.29 is 38.2 Å². The Morgan fingerprint density at radius 2 is 1.97 bits per heavy atom. The number of allylic oxidation sites excluding steroid dienone is 4. The number of aliphatic hydroxyl groups is 1. The average molecular weight is 446 g/mol. The summed E-state index contributed by atoms with van der Waals surface area (Å²) in [5.74, 6) is -3.98. The van der Waals surface area contributed by atoms with E-state index in [-0.39, 0.29) is 49.0 Å². The van der Waals surface area contributed by atoms with Gasteiger partial charge in [0.25, 0.3) is 0 Å². The molecule has 0 unspecified atom stereocenters. The lowest BCUT2D eigenvalue weighted by Gasteiger charge is -2.59. The summed E-state index contributed by atoms with van der Waals surface area (Å²) in [5.41, 5.74) is -6.53. The van der Waals surface area contributed by atoms with Crippen molar-refractivity contribution in [2.75, 3.05) is 6.61 Å². The van der Waals surface area contributed by atoms with Crippen molar-refractivity contribution in [1.82, 2.24) is 0 Å². The maximum Gasteiger partial charge on any atom is 0.303 e. The summed E-state index contributed by atoms with van der Waals surface area (Å²) in [4.78, 5) is 61.5. The van der Waals surface area contributed by atoms with Crippen LogP contribution in [0.25, 0.3) is 0 Å². The van der Waals surface area contributed by atoms with Crippen molar-refractivity contribution in [3.05, 3.63) is 23.3 Å². The minimum absolute atomic E-state index is 0.00369. The summed E-state index contributed by atoms with van der Waals surface area (Å²) in [6.07, 6.45) is 3.33. The lowest BCUT2D eigenvalue weighted by atomic mass is 9.45. The van der Waals surface area contributed by atoms with Gasteiger partial charge in [-0.25, -0.2) is 4.39 Å². The Morgan fingerprint density at radius 3 is 2.59 bits per heavy atom. The van der Waals surface area contributed by atoms with Gasteiger partial charge in [-0.1, -0.05) is 19.9 Å². The number of aldehydes is 1. The van der Waals surface area contributed by atoms with E-state index in [0.29, 0.717) is 6.29 Å². The first-order valence-corrected chi connectivity index (χ1v) is 10.9. The zero-order chi connectivity index (χ0) is 23.7. The topological polar surface area (TPSA) is 115 Å². The molecule has 6 atom stereocenters. The molecule has 2 saturated carbocycles. The number of carbonyl (C=O) groups excluding carboxylic acids is 5. The molecule has 0 aliphatic heterocycles. The van der Waals surface area contributed by atoms with Gasteiger partial charge in [-0.05, 0) is 36.8 Å². The van der Waals surface area contributed by atoms with Crippen LogP contribution in [0.5, 0.6) is 0 Å². The van der Waals surface area contributed by atoms with Crippen LogP contribution in [-0.4, -0.2) is 52.6 Å². The Morgan fingerprint density at radius 1 is 1.28 bits per heavy atom. The van der Waals surface area contributed by atoms with Crippen LogP contribution < -0.4 is 0 Å². The number of alkyl halides is 1. The van der Waals surface area contributed by atoms with Crippen molar-refractivity contribution >= 4 is 29.6 Å². The smallest absolute Gasteiger partial charge is 0.303 e. The number of fused-ring (bicyclic) bond motifs is 5. The van der Waals surface area contributed by atoms with Crippen LogP contribution in [0.1, 0.15) is 52.9 Å². The lowest BCUT2D eigenvalue weighted by Crippen LogP contribution is -2.67. The van der Waals surface area contributed by atoms with E-state index in [4.69, 9.17) is 4.74 Å². The van der Waals surface area contributed by atoms with Crippen molar-refractivity contribution in [3.8, 4) is 0 Å². The Bertz CT molecular complexity index is 1010. The van der Waals surface area contributed by atoms with E-state index in [1.54, 1.807) is 13.8 Å². The normalized spacial score (nSPS) is 42.8. The maximum atomic E-state index is 17.0. The molecule has 172 valence electrons. The van der Waals surface area contributed by atoms with Gasteiger partial charge in [-0.3, -0.25) is 24.0 Å². The molecule has 0 spiro atoms. The largest absolute Gasteiger partial charge is 0.458 e. The number of hydrogen-bond donors (Lipinski definition) is 1. The van der Waals surface area contributed by atoms with Gasteiger partial charge in [0.2, 0.25) is 5.78 Å². The summed E-state index contributed by atoms with van der Waals surface area (Å²) in [6, 6.07) is 0. The predicted octanol–water partition coefficient (Wildman–Crippen LogP) is 2.00. The van der Waals surface area contributed by atoms with Gasteiger partial charge < -0.3 is 9.84 Å². The van der Waals surface area contributed by atoms with E-state index < -0.39 is 58.1 Å². The number of ketones is 3. The molecule has 2 fully saturated rings. The zero-order valence-electron chi connectivity index (χ0n) is 18.4. The number of hydrogen-bond acceptors (Lipinski definition) is 7. The summed E-state index contributed by atoms with van der Waals surface area (Å²) in [5, 5.41) is 11.4. The number of ether oxygens (including phenoxy) is 1. The Kier molecular flexibility index (Phi) is 4.97. The van der Waals surface area contributed by atoms with Gasteiger partial charge >= 0.3 is 5.97 Å². The first-order valence-electron chi connectivity index (χ1n) is 10.9. The van der Waals surface area contributed by atoms with E-state index in [2.05, 4.69) is 0 Å². The monoisotopic (exact) mass is 446 g/mol. The highest BCUT2D eigenvalue weighted by Gasteiger charge is 2.74. The van der Waals surface area contributed by atoms with Gasteiger partial charge in [0, 0.05) is 42.1 Å². The Hall–Kier alpha value is -2.48. The minimum atomic E-state index is -2.36. The highest BCUT2D eigenvalue weighted by Crippen LogP contribution is 2.68. The third-order valence-electron chi connectivity index (χ3n) is 8.65. The molecule has 0 saturated heterocycles. The van der Waals surface area contributed by atoms with Gasteiger partial charge in [-0.2, -0.15) is 0 Å². The molecule has 4 aliphatic carbocycles. The Balaban J connectivity index is 1.83. The molecule has 0 radical (unpaired) electrons. The second-order valence-electron chi connectivity index (χ2n) is 10.1. The van der Waals surface area contributed by atoms with Crippen molar-refractivity contribution in [2.24, 2.45) is 22.7 Å². The van der Waals surface area contributed by atoms with Crippen LogP contribution >= 0.6 is 0 Å².